The first kappa shape index (κ1) is 13.7. The van der Waals surface area contributed by atoms with Crippen molar-refractivity contribution < 1.29 is 18.7 Å². The van der Waals surface area contributed by atoms with E-state index in [0.717, 1.165) is 6.42 Å². The highest BCUT2D eigenvalue weighted by molar-refractivity contribution is 5.86. The number of hydrogen-bond donors (Lipinski definition) is 1. The van der Waals surface area contributed by atoms with Crippen LogP contribution in [0.1, 0.15) is 29.7 Å². The average Bonchev–Trinajstić information content (AvgIpc) is 2.82. The van der Waals surface area contributed by atoms with E-state index < -0.39 is 5.97 Å². The Balaban J connectivity index is 2.46. The van der Waals surface area contributed by atoms with E-state index in [-0.39, 0.29) is 11.8 Å². The van der Waals surface area contributed by atoms with Crippen LogP contribution in [0.15, 0.2) is 16.5 Å². The Morgan fingerprint density at radius 2 is 2.24 bits per heavy atom. The number of nitrogens with one attached hydrogen (secondary N) is 1. The quantitative estimate of drug-likeness (QED) is 0.734. The van der Waals surface area contributed by atoms with E-state index >= 15 is 0 Å². The molecule has 0 saturated carbocycles. The molecule has 0 spiro atoms. The zero-order valence-electron chi connectivity index (χ0n) is 10.5. The minimum absolute atomic E-state index is 0.226. The van der Waals surface area contributed by atoms with Crippen molar-refractivity contribution in [3.63, 3.8) is 0 Å². The van der Waals surface area contributed by atoms with Crippen molar-refractivity contribution in [1.82, 2.24) is 5.32 Å². The van der Waals surface area contributed by atoms with Gasteiger partial charge in [-0.05, 0) is 18.6 Å². The smallest absolute Gasteiger partial charge is 0.373 e. The van der Waals surface area contributed by atoms with E-state index in [1.807, 2.05) is 0 Å². The van der Waals surface area contributed by atoms with Crippen molar-refractivity contribution in [3.8, 4) is 0 Å². The van der Waals surface area contributed by atoms with Crippen molar-refractivity contribution in [2.45, 2.75) is 25.9 Å². The van der Waals surface area contributed by atoms with Crippen LogP contribution in [0, 0.1) is 0 Å². The maximum Gasteiger partial charge on any atom is 0.373 e. The summed E-state index contributed by atoms with van der Waals surface area (Å²) in [5, 5.41) is 3.29. The van der Waals surface area contributed by atoms with Crippen LogP contribution < -0.4 is 5.32 Å². The number of methoxy groups -OCH3 is 2. The summed E-state index contributed by atoms with van der Waals surface area (Å²) in [5.41, 5.74) is 0. The molecule has 0 saturated heterocycles. The molecular formula is C12H19NO4. The molecule has 1 rings (SSSR count). The van der Waals surface area contributed by atoms with Gasteiger partial charge in [-0.3, -0.25) is 0 Å². The van der Waals surface area contributed by atoms with Crippen molar-refractivity contribution >= 4 is 5.97 Å². The van der Waals surface area contributed by atoms with Crippen molar-refractivity contribution in [1.29, 1.82) is 0 Å². The molecule has 96 valence electrons. The first-order valence-corrected chi connectivity index (χ1v) is 5.60. The third-order valence-electron chi connectivity index (χ3n) is 2.47. The topological polar surface area (TPSA) is 60.7 Å². The van der Waals surface area contributed by atoms with Gasteiger partial charge >= 0.3 is 5.97 Å². The van der Waals surface area contributed by atoms with Gasteiger partial charge in [0.25, 0.3) is 0 Å². The number of esters is 1. The van der Waals surface area contributed by atoms with Crippen LogP contribution in [-0.4, -0.2) is 32.8 Å². The highest BCUT2D eigenvalue weighted by Gasteiger charge is 2.12. The number of furan rings is 1. The van der Waals surface area contributed by atoms with Crippen molar-refractivity contribution in [2.75, 3.05) is 20.8 Å². The van der Waals surface area contributed by atoms with Crippen LogP contribution >= 0.6 is 0 Å². The molecule has 1 heterocycles. The molecule has 0 radical (unpaired) electrons. The fourth-order valence-corrected chi connectivity index (χ4v) is 1.45. The van der Waals surface area contributed by atoms with Gasteiger partial charge in [0.1, 0.15) is 5.76 Å². The summed E-state index contributed by atoms with van der Waals surface area (Å²) in [6.07, 6.45) is 0.971. The SMILES string of the molecule is CCC(COC)NCc1ccc(C(=O)OC)o1. The van der Waals surface area contributed by atoms with E-state index in [0.29, 0.717) is 18.9 Å². The van der Waals surface area contributed by atoms with E-state index in [2.05, 4.69) is 17.0 Å². The van der Waals surface area contributed by atoms with E-state index in [1.54, 1.807) is 19.2 Å². The maximum atomic E-state index is 11.2. The lowest BCUT2D eigenvalue weighted by atomic mass is 10.2. The highest BCUT2D eigenvalue weighted by Crippen LogP contribution is 2.09. The van der Waals surface area contributed by atoms with Gasteiger partial charge in [-0.25, -0.2) is 4.79 Å². The van der Waals surface area contributed by atoms with Gasteiger partial charge in [-0.1, -0.05) is 6.92 Å². The monoisotopic (exact) mass is 241 g/mol. The van der Waals surface area contributed by atoms with Gasteiger partial charge in [0.05, 0.1) is 20.3 Å². The largest absolute Gasteiger partial charge is 0.463 e. The highest BCUT2D eigenvalue weighted by atomic mass is 16.5. The van der Waals surface area contributed by atoms with Crippen LogP contribution in [0.4, 0.5) is 0 Å². The first-order chi connectivity index (χ1) is 8.21. The zero-order chi connectivity index (χ0) is 12.7. The van der Waals surface area contributed by atoms with Crippen LogP contribution in [0.2, 0.25) is 0 Å². The Bertz CT molecular complexity index is 348. The normalized spacial score (nSPS) is 12.4. The third-order valence-corrected chi connectivity index (χ3v) is 2.47. The second kappa shape index (κ2) is 7.09. The Morgan fingerprint density at radius 1 is 1.47 bits per heavy atom. The molecule has 5 heteroatoms. The number of hydrogen-bond acceptors (Lipinski definition) is 5. The standard InChI is InChI=1S/C12H19NO4/c1-4-9(8-15-2)13-7-10-5-6-11(17-10)12(14)16-3/h5-6,9,13H,4,7-8H2,1-3H3. The second-order valence-electron chi connectivity index (χ2n) is 3.70. The van der Waals surface area contributed by atoms with Gasteiger partial charge in [0.2, 0.25) is 5.76 Å². The van der Waals surface area contributed by atoms with Crippen LogP contribution in [0.5, 0.6) is 0 Å². The number of ether oxygens (including phenoxy) is 2. The third kappa shape index (κ3) is 4.20. The molecule has 0 aliphatic heterocycles. The zero-order valence-corrected chi connectivity index (χ0v) is 10.5. The fourth-order valence-electron chi connectivity index (χ4n) is 1.45. The lowest BCUT2D eigenvalue weighted by Crippen LogP contribution is -2.31. The van der Waals surface area contributed by atoms with Crippen molar-refractivity contribution in [3.05, 3.63) is 23.7 Å². The molecule has 1 unspecified atom stereocenters. The molecule has 1 aromatic heterocycles. The Labute approximate surface area is 101 Å². The van der Waals surface area contributed by atoms with Crippen LogP contribution in [-0.2, 0) is 16.0 Å². The minimum Gasteiger partial charge on any atom is -0.463 e. The maximum absolute atomic E-state index is 11.2. The molecule has 0 aromatic carbocycles. The van der Waals surface area contributed by atoms with Gasteiger partial charge in [0, 0.05) is 13.2 Å². The van der Waals surface area contributed by atoms with Gasteiger partial charge in [-0.2, -0.15) is 0 Å². The van der Waals surface area contributed by atoms with Crippen LogP contribution in [0.25, 0.3) is 0 Å². The molecule has 17 heavy (non-hydrogen) atoms. The second-order valence-corrected chi connectivity index (χ2v) is 3.70. The fraction of sp³-hybridized carbons (Fsp3) is 0.583. The molecule has 0 amide bonds. The molecule has 0 aliphatic rings. The number of carbonyl (C=O) groups is 1. The van der Waals surface area contributed by atoms with Gasteiger partial charge in [-0.15, -0.1) is 0 Å². The number of carbonyl (C=O) groups excluding carboxylic acids is 1. The van der Waals surface area contributed by atoms with E-state index in [9.17, 15) is 4.79 Å². The summed E-state index contributed by atoms with van der Waals surface area (Å²) in [4.78, 5) is 11.2. The first-order valence-electron chi connectivity index (χ1n) is 5.60. The lowest BCUT2D eigenvalue weighted by molar-refractivity contribution is 0.0562. The summed E-state index contributed by atoms with van der Waals surface area (Å²) >= 11 is 0. The minimum atomic E-state index is -0.458. The lowest BCUT2D eigenvalue weighted by Gasteiger charge is -2.14. The summed E-state index contributed by atoms with van der Waals surface area (Å²) in [6.45, 7) is 3.30. The van der Waals surface area contributed by atoms with Gasteiger partial charge < -0.3 is 19.2 Å². The average molecular weight is 241 g/mol. The van der Waals surface area contributed by atoms with Crippen LogP contribution in [0.3, 0.4) is 0 Å². The Morgan fingerprint density at radius 3 is 2.82 bits per heavy atom. The van der Waals surface area contributed by atoms with E-state index in [1.165, 1.54) is 7.11 Å². The van der Waals surface area contributed by atoms with Crippen molar-refractivity contribution in [2.24, 2.45) is 0 Å². The molecule has 0 aliphatic carbocycles. The predicted molar refractivity (Wildman–Crippen MR) is 62.8 cm³/mol. The van der Waals surface area contributed by atoms with E-state index in [4.69, 9.17) is 9.15 Å². The Hall–Kier alpha value is -1.33. The molecule has 0 fully saturated rings. The summed E-state index contributed by atoms with van der Waals surface area (Å²) in [6, 6.07) is 3.66. The Kier molecular flexibility index (Phi) is 5.72. The van der Waals surface area contributed by atoms with Gasteiger partial charge in [0.15, 0.2) is 0 Å². The molecular weight excluding hydrogens is 222 g/mol. The molecule has 1 atom stereocenters. The molecule has 0 bridgehead atoms. The summed E-state index contributed by atoms with van der Waals surface area (Å²) in [7, 11) is 3.00. The summed E-state index contributed by atoms with van der Waals surface area (Å²) < 4.78 is 15.0. The number of rotatable bonds is 7. The summed E-state index contributed by atoms with van der Waals surface area (Å²) in [5.74, 6) is 0.476. The molecule has 1 aromatic rings. The predicted octanol–water partition coefficient (Wildman–Crippen LogP) is 1.58. The molecule has 5 nitrogen and oxygen atoms in total. The molecule has 1 N–H and O–H groups in total.